The number of rotatable bonds is 3. The standard InChI is InChI=1S/C22H24ClN3O2/c1-13-14(2)21-17(10-16(13)9-15-7-8-20(23)24-11-15)22(28)26(12-25-21)18-5-3-4-6-19(18)27/h7-8,10-12,18-19,27H,3-6,9H2,1-2H3/t18-,19-/m1/s1. The molecule has 1 N–H and O–H groups in total. The second-order valence-corrected chi connectivity index (χ2v) is 8.11. The van der Waals surface area contributed by atoms with E-state index in [9.17, 15) is 9.90 Å². The number of nitrogens with zero attached hydrogens (tertiary/aromatic N) is 3. The van der Waals surface area contributed by atoms with Gasteiger partial charge < -0.3 is 5.11 Å². The highest BCUT2D eigenvalue weighted by Gasteiger charge is 2.26. The van der Waals surface area contributed by atoms with Crippen molar-refractivity contribution in [2.75, 3.05) is 0 Å². The molecular weight excluding hydrogens is 374 g/mol. The van der Waals surface area contributed by atoms with Gasteiger partial charge in [0.2, 0.25) is 0 Å². The molecule has 2 heterocycles. The van der Waals surface area contributed by atoms with Gasteiger partial charge in [0.25, 0.3) is 5.56 Å². The van der Waals surface area contributed by atoms with Crippen LogP contribution in [0.2, 0.25) is 5.15 Å². The first-order valence-corrected chi connectivity index (χ1v) is 10.1. The molecular formula is C22H24ClN3O2. The summed E-state index contributed by atoms with van der Waals surface area (Å²) in [5, 5.41) is 11.5. The topological polar surface area (TPSA) is 68.0 Å². The lowest BCUT2D eigenvalue weighted by molar-refractivity contribution is 0.0735. The minimum atomic E-state index is -0.489. The van der Waals surface area contributed by atoms with E-state index in [-0.39, 0.29) is 11.6 Å². The van der Waals surface area contributed by atoms with E-state index in [0.29, 0.717) is 17.0 Å². The molecule has 1 aromatic carbocycles. The molecule has 6 heteroatoms. The predicted octanol–water partition coefficient (Wildman–Crippen LogP) is 4.13. The summed E-state index contributed by atoms with van der Waals surface area (Å²) in [6.07, 6.45) is 7.13. The molecule has 146 valence electrons. The first-order valence-electron chi connectivity index (χ1n) is 9.74. The van der Waals surface area contributed by atoms with Crippen LogP contribution in [0.15, 0.2) is 35.5 Å². The fraction of sp³-hybridized carbons (Fsp3) is 0.409. The van der Waals surface area contributed by atoms with Crippen LogP contribution in [-0.4, -0.2) is 25.7 Å². The summed E-state index contributed by atoms with van der Waals surface area (Å²) in [5.41, 5.74) is 4.93. The van der Waals surface area contributed by atoms with Crippen molar-refractivity contribution >= 4 is 22.5 Å². The van der Waals surface area contributed by atoms with Gasteiger partial charge in [-0.15, -0.1) is 0 Å². The van der Waals surface area contributed by atoms with Crippen molar-refractivity contribution in [3.05, 3.63) is 68.5 Å². The van der Waals surface area contributed by atoms with Gasteiger partial charge in [-0.25, -0.2) is 9.97 Å². The molecule has 2 atom stereocenters. The minimum absolute atomic E-state index is 0.0745. The van der Waals surface area contributed by atoms with Crippen molar-refractivity contribution in [2.24, 2.45) is 0 Å². The maximum Gasteiger partial charge on any atom is 0.261 e. The average molecular weight is 398 g/mol. The molecule has 0 spiro atoms. The molecule has 28 heavy (non-hydrogen) atoms. The number of aryl methyl sites for hydroxylation is 1. The Hall–Kier alpha value is -2.24. The molecule has 1 aliphatic carbocycles. The molecule has 0 amide bonds. The lowest BCUT2D eigenvalue weighted by atomic mass is 9.92. The molecule has 1 saturated carbocycles. The first kappa shape index (κ1) is 19.1. The Labute approximate surface area is 169 Å². The van der Waals surface area contributed by atoms with E-state index in [2.05, 4.69) is 16.9 Å². The molecule has 0 bridgehead atoms. The Bertz CT molecular complexity index is 1080. The van der Waals surface area contributed by atoms with Crippen LogP contribution in [0, 0.1) is 13.8 Å². The monoisotopic (exact) mass is 397 g/mol. The van der Waals surface area contributed by atoms with Crippen LogP contribution in [0.3, 0.4) is 0 Å². The van der Waals surface area contributed by atoms with Crippen molar-refractivity contribution in [2.45, 2.75) is 58.1 Å². The summed E-state index contributed by atoms with van der Waals surface area (Å²) in [4.78, 5) is 22.0. The molecule has 4 rings (SSSR count). The maximum atomic E-state index is 13.3. The van der Waals surface area contributed by atoms with Gasteiger partial charge in [-0.1, -0.05) is 30.5 Å². The van der Waals surface area contributed by atoms with Crippen molar-refractivity contribution in [1.82, 2.24) is 14.5 Å². The average Bonchev–Trinajstić information content (AvgIpc) is 2.69. The second-order valence-electron chi connectivity index (χ2n) is 7.72. The Balaban J connectivity index is 1.81. The zero-order chi connectivity index (χ0) is 19.8. The smallest absolute Gasteiger partial charge is 0.261 e. The summed E-state index contributed by atoms with van der Waals surface area (Å²) < 4.78 is 1.63. The first-order chi connectivity index (χ1) is 13.5. The van der Waals surface area contributed by atoms with Gasteiger partial charge in [-0.05, 0) is 67.5 Å². The van der Waals surface area contributed by atoms with Gasteiger partial charge in [-0.2, -0.15) is 0 Å². The number of aliphatic hydroxyl groups is 1. The van der Waals surface area contributed by atoms with Crippen molar-refractivity contribution in [1.29, 1.82) is 0 Å². The third-order valence-electron chi connectivity index (χ3n) is 5.98. The number of pyridine rings is 1. The summed E-state index contributed by atoms with van der Waals surface area (Å²) in [6, 6.07) is 5.49. The molecule has 2 aromatic heterocycles. The van der Waals surface area contributed by atoms with E-state index >= 15 is 0 Å². The Morgan fingerprint density at radius 1 is 1.18 bits per heavy atom. The molecule has 0 radical (unpaired) electrons. The van der Waals surface area contributed by atoms with Crippen LogP contribution < -0.4 is 5.56 Å². The highest BCUT2D eigenvalue weighted by Crippen LogP contribution is 2.29. The van der Waals surface area contributed by atoms with E-state index in [1.165, 1.54) is 0 Å². The number of hydrogen-bond acceptors (Lipinski definition) is 4. The van der Waals surface area contributed by atoms with Gasteiger partial charge in [0.15, 0.2) is 0 Å². The van der Waals surface area contributed by atoms with Crippen LogP contribution in [0.5, 0.6) is 0 Å². The molecule has 1 aliphatic rings. The van der Waals surface area contributed by atoms with Gasteiger partial charge in [0, 0.05) is 6.20 Å². The number of benzene rings is 1. The summed E-state index contributed by atoms with van der Waals surface area (Å²) >= 11 is 5.89. The molecule has 1 fully saturated rings. The number of aliphatic hydroxyl groups excluding tert-OH is 1. The van der Waals surface area contributed by atoms with Crippen LogP contribution in [0.1, 0.15) is 54.0 Å². The zero-order valence-electron chi connectivity index (χ0n) is 16.2. The van der Waals surface area contributed by atoms with Gasteiger partial charge >= 0.3 is 0 Å². The number of fused-ring (bicyclic) bond motifs is 1. The highest BCUT2D eigenvalue weighted by molar-refractivity contribution is 6.29. The van der Waals surface area contributed by atoms with Crippen LogP contribution in [0.4, 0.5) is 0 Å². The number of aromatic nitrogens is 3. The Kier molecular flexibility index (Phi) is 5.21. The van der Waals surface area contributed by atoms with Gasteiger partial charge in [0.05, 0.1) is 29.4 Å². The molecule has 5 nitrogen and oxygen atoms in total. The van der Waals surface area contributed by atoms with Gasteiger partial charge in [-0.3, -0.25) is 9.36 Å². The third-order valence-corrected chi connectivity index (χ3v) is 6.21. The van der Waals surface area contributed by atoms with Gasteiger partial charge in [0.1, 0.15) is 5.15 Å². The van der Waals surface area contributed by atoms with Crippen LogP contribution >= 0.6 is 11.6 Å². The molecule has 0 unspecified atom stereocenters. The Morgan fingerprint density at radius 2 is 1.96 bits per heavy atom. The van der Waals surface area contributed by atoms with Crippen LogP contribution in [0.25, 0.3) is 10.9 Å². The minimum Gasteiger partial charge on any atom is -0.391 e. The fourth-order valence-corrected chi connectivity index (χ4v) is 4.29. The van der Waals surface area contributed by atoms with Crippen molar-refractivity contribution < 1.29 is 5.11 Å². The zero-order valence-corrected chi connectivity index (χ0v) is 16.9. The van der Waals surface area contributed by atoms with Crippen LogP contribution in [-0.2, 0) is 6.42 Å². The number of hydrogen-bond donors (Lipinski definition) is 1. The highest BCUT2D eigenvalue weighted by atomic mass is 35.5. The second kappa shape index (κ2) is 7.64. The number of halogens is 1. The lowest BCUT2D eigenvalue weighted by Crippen LogP contribution is -2.34. The fourth-order valence-electron chi connectivity index (χ4n) is 4.18. The third kappa shape index (κ3) is 3.45. The molecule has 0 aliphatic heterocycles. The maximum absolute atomic E-state index is 13.3. The van der Waals surface area contributed by atoms with E-state index in [4.69, 9.17) is 11.6 Å². The quantitative estimate of drug-likeness (QED) is 0.675. The lowest BCUT2D eigenvalue weighted by Gasteiger charge is -2.29. The predicted molar refractivity (Wildman–Crippen MR) is 111 cm³/mol. The van der Waals surface area contributed by atoms with E-state index in [1.54, 1.807) is 23.2 Å². The Morgan fingerprint density at radius 3 is 2.68 bits per heavy atom. The van der Waals surface area contributed by atoms with Crippen molar-refractivity contribution in [3.63, 3.8) is 0 Å². The SMILES string of the molecule is Cc1c(Cc2ccc(Cl)nc2)cc2c(=O)n([C@@H]3CCCC[C@H]3O)cnc2c1C. The normalized spacial score (nSPS) is 19.9. The van der Waals surface area contributed by atoms with E-state index in [0.717, 1.165) is 53.5 Å². The molecule has 0 saturated heterocycles. The molecule has 3 aromatic rings. The largest absolute Gasteiger partial charge is 0.391 e. The summed E-state index contributed by atoms with van der Waals surface area (Å²) in [7, 11) is 0. The van der Waals surface area contributed by atoms with Crippen molar-refractivity contribution in [3.8, 4) is 0 Å². The summed E-state index contributed by atoms with van der Waals surface area (Å²) in [5.74, 6) is 0. The van der Waals surface area contributed by atoms with E-state index < -0.39 is 6.10 Å². The summed E-state index contributed by atoms with van der Waals surface area (Å²) in [6.45, 7) is 4.07. The van der Waals surface area contributed by atoms with E-state index in [1.807, 2.05) is 19.1 Å².